The predicted molar refractivity (Wildman–Crippen MR) is 137 cm³/mol. The molecule has 2 N–H and O–H groups in total. The Labute approximate surface area is 206 Å². The van der Waals surface area contributed by atoms with Gasteiger partial charge in [0, 0.05) is 35.6 Å². The summed E-state index contributed by atoms with van der Waals surface area (Å²) in [6, 6.07) is 20.1. The van der Waals surface area contributed by atoms with Crippen molar-refractivity contribution in [2.45, 2.75) is 31.6 Å². The lowest BCUT2D eigenvalue weighted by Gasteiger charge is -2.30. The minimum absolute atomic E-state index is 0.214. The van der Waals surface area contributed by atoms with Crippen LogP contribution in [-0.4, -0.2) is 37.6 Å². The third kappa shape index (κ3) is 5.78. The van der Waals surface area contributed by atoms with Crippen LogP contribution in [0.15, 0.2) is 77.7 Å². The second-order valence-electron chi connectivity index (χ2n) is 8.94. The molecule has 0 saturated carbocycles. The van der Waals surface area contributed by atoms with E-state index in [0.29, 0.717) is 41.5 Å². The molecule has 0 spiro atoms. The molecule has 3 aromatic carbocycles. The number of carbonyl (C=O) groups excluding carboxylic acids is 2. The van der Waals surface area contributed by atoms with Crippen LogP contribution < -0.4 is 10.6 Å². The Hall–Kier alpha value is -3.49. The van der Waals surface area contributed by atoms with Crippen molar-refractivity contribution in [1.82, 2.24) is 4.31 Å². The third-order valence-corrected chi connectivity index (χ3v) is 8.03. The summed E-state index contributed by atoms with van der Waals surface area (Å²) in [5.74, 6) is -0.277. The third-order valence-electron chi connectivity index (χ3n) is 6.15. The zero-order valence-corrected chi connectivity index (χ0v) is 20.6. The Morgan fingerprint density at radius 1 is 0.886 bits per heavy atom. The molecule has 1 saturated heterocycles. The lowest BCUT2D eigenvalue weighted by molar-refractivity contribution is 0.101. The van der Waals surface area contributed by atoms with Crippen molar-refractivity contribution in [2.24, 2.45) is 5.92 Å². The number of rotatable bonds is 6. The summed E-state index contributed by atoms with van der Waals surface area (Å²) in [6.07, 6.45) is 1.90. The van der Waals surface area contributed by atoms with Gasteiger partial charge in [-0.15, -0.1) is 0 Å². The van der Waals surface area contributed by atoms with Gasteiger partial charge in [0.1, 0.15) is 0 Å². The molecule has 0 bridgehead atoms. The topological polar surface area (TPSA) is 95.6 Å². The normalized spacial score (nSPS) is 16.5. The van der Waals surface area contributed by atoms with Crippen molar-refractivity contribution >= 4 is 33.2 Å². The maximum atomic E-state index is 13.0. The van der Waals surface area contributed by atoms with Crippen LogP contribution in [0.3, 0.4) is 0 Å². The Bertz CT molecular complexity index is 1320. The molecule has 7 nitrogen and oxygen atoms in total. The number of carbonyl (C=O) groups is 2. The van der Waals surface area contributed by atoms with Crippen LogP contribution in [0, 0.1) is 12.8 Å². The van der Waals surface area contributed by atoms with Crippen LogP contribution in [0.1, 0.15) is 46.0 Å². The monoisotopic (exact) mass is 491 g/mol. The molecular weight excluding hydrogens is 462 g/mol. The maximum Gasteiger partial charge on any atom is 0.255 e. The molecule has 8 heteroatoms. The average molecular weight is 492 g/mol. The number of piperidine rings is 1. The maximum absolute atomic E-state index is 13.0. The van der Waals surface area contributed by atoms with Gasteiger partial charge in [-0.3, -0.25) is 9.59 Å². The highest BCUT2D eigenvalue weighted by Crippen LogP contribution is 2.25. The van der Waals surface area contributed by atoms with Gasteiger partial charge in [0.25, 0.3) is 11.8 Å². The molecule has 3 aromatic rings. The number of amides is 2. The number of hydrogen-bond donors (Lipinski definition) is 2. The molecule has 182 valence electrons. The highest BCUT2D eigenvalue weighted by molar-refractivity contribution is 7.89. The van der Waals surface area contributed by atoms with E-state index in [-0.39, 0.29) is 16.7 Å². The molecule has 1 atom stereocenters. The SMILES string of the molecule is Cc1ccc(C(=O)Nc2ccc(S(=O)(=O)N3CCCC(C)C3)cc2)cc1NC(=O)c1ccccc1. The molecule has 35 heavy (non-hydrogen) atoms. The molecule has 1 aliphatic rings. The van der Waals surface area contributed by atoms with E-state index >= 15 is 0 Å². The van der Waals surface area contributed by atoms with Crippen molar-refractivity contribution in [3.05, 3.63) is 89.5 Å². The first kappa shape index (κ1) is 24.6. The smallest absolute Gasteiger partial charge is 0.255 e. The van der Waals surface area contributed by atoms with Crippen LogP contribution >= 0.6 is 0 Å². The first-order valence-corrected chi connectivity index (χ1v) is 13.1. The molecule has 0 aromatic heterocycles. The van der Waals surface area contributed by atoms with Gasteiger partial charge in [0.15, 0.2) is 0 Å². The Morgan fingerprint density at radius 3 is 2.26 bits per heavy atom. The van der Waals surface area contributed by atoms with Crippen LogP contribution in [0.2, 0.25) is 0 Å². The van der Waals surface area contributed by atoms with Gasteiger partial charge < -0.3 is 10.6 Å². The largest absolute Gasteiger partial charge is 0.322 e. The van der Waals surface area contributed by atoms with Gasteiger partial charge in [-0.1, -0.05) is 31.2 Å². The standard InChI is InChI=1S/C27H29N3O4S/c1-19-7-6-16-30(18-19)35(33,34)24-14-12-23(13-15-24)28-27(32)22-11-10-20(2)25(17-22)29-26(31)21-8-4-3-5-9-21/h3-5,8-15,17,19H,6-7,16,18H2,1-2H3,(H,28,32)(H,29,31). The molecule has 1 heterocycles. The summed E-state index contributed by atoms with van der Waals surface area (Å²) < 4.78 is 27.4. The van der Waals surface area contributed by atoms with E-state index in [2.05, 4.69) is 17.6 Å². The molecule has 1 aliphatic heterocycles. The highest BCUT2D eigenvalue weighted by Gasteiger charge is 2.28. The van der Waals surface area contributed by atoms with Crippen molar-refractivity contribution < 1.29 is 18.0 Å². The minimum Gasteiger partial charge on any atom is -0.322 e. The summed E-state index contributed by atoms with van der Waals surface area (Å²) in [6.45, 7) is 4.97. The van der Waals surface area contributed by atoms with E-state index in [1.165, 1.54) is 16.4 Å². The summed E-state index contributed by atoms with van der Waals surface area (Å²) in [5.41, 5.74) is 2.75. The predicted octanol–water partition coefficient (Wildman–Crippen LogP) is 4.92. The molecule has 2 amide bonds. The van der Waals surface area contributed by atoms with Crippen molar-refractivity contribution in [3.63, 3.8) is 0 Å². The molecule has 1 unspecified atom stereocenters. The first-order valence-electron chi connectivity index (χ1n) is 11.6. The number of nitrogens with zero attached hydrogens (tertiary/aromatic N) is 1. The second kappa shape index (κ2) is 10.4. The Kier molecular flexibility index (Phi) is 7.33. The van der Waals surface area contributed by atoms with Crippen LogP contribution in [0.25, 0.3) is 0 Å². The molecule has 1 fully saturated rings. The number of benzene rings is 3. The average Bonchev–Trinajstić information content (AvgIpc) is 2.86. The van der Waals surface area contributed by atoms with Crippen molar-refractivity contribution in [3.8, 4) is 0 Å². The lowest BCUT2D eigenvalue weighted by atomic mass is 10.0. The van der Waals surface area contributed by atoms with Gasteiger partial charge in [-0.2, -0.15) is 4.31 Å². The number of anilines is 2. The fourth-order valence-corrected chi connectivity index (χ4v) is 5.71. The van der Waals surface area contributed by atoms with Crippen LogP contribution in [0.5, 0.6) is 0 Å². The summed E-state index contributed by atoms with van der Waals surface area (Å²) in [4.78, 5) is 25.6. The van der Waals surface area contributed by atoms with Gasteiger partial charge in [0.2, 0.25) is 10.0 Å². The number of nitrogens with one attached hydrogen (secondary N) is 2. The molecular formula is C27H29N3O4S. The highest BCUT2D eigenvalue weighted by atomic mass is 32.2. The number of hydrogen-bond acceptors (Lipinski definition) is 4. The minimum atomic E-state index is -3.56. The fourth-order valence-electron chi connectivity index (χ4n) is 4.11. The zero-order chi connectivity index (χ0) is 25.0. The molecule has 0 aliphatic carbocycles. The Morgan fingerprint density at radius 2 is 1.57 bits per heavy atom. The summed E-state index contributed by atoms with van der Waals surface area (Å²) in [5, 5.41) is 5.65. The fraction of sp³-hybridized carbons (Fsp3) is 0.259. The van der Waals surface area contributed by atoms with Gasteiger partial charge >= 0.3 is 0 Å². The first-order chi connectivity index (χ1) is 16.7. The lowest BCUT2D eigenvalue weighted by Crippen LogP contribution is -2.39. The van der Waals surface area contributed by atoms with E-state index < -0.39 is 10.0 Å². The summed E-state index contributed by atoms with van der Waals surface area (Å²) >= 11 is 0. The van der Waals surface area contributed by atoms with E-state index in [1.807, 2.05) is 13.0 Å². The quantitative estimate of drug-likeness (QED) is 0.512. The number of sulfonamides is 1. The van der Waals surface area contributed by atoms with E-state index in [0.717, 1.165) is 18.4 Å². The second-order valence-corrected chi connectivity index (χ2v) is 10.9. The van der Waals surface area contributed by atoms with Crippen LogP contribution in [-0.2, 0) is 10.0 Å². The van der Waals surface area contributed by atoms with Crippen molar-refractivity contribution in [2.75, 3.05) is 23.7 Å². The zero-order valence-electron chi connectivity index (χ0n) is 19.8. The Balaban J connectivity index is 1.45. The van der Waals surface area contributed by atoms with Crippen molar-refractivity contribution in [1.29, 1.82) is 0 Å². The van der Waals surface area contributed by atoms with Gasteiger partial charge in [-0.05, 0) is 79.8 Å². The van der Waals surface area contributed by atoms with E-state index in [4.69, 9.17) is 0 Å². The number of aryl methyl sites for hydroxylation is 1. The summed E-state index contributed by atoms with van der Waals surface area (Å²) in [7, 11) is -3.56. The van der Waals surface area contributed by atoms with E-state index in [1.54, 1.807) is 54.6 Å². The van der Waals surface area contributed by atoms with Crippen LogP contribution in [0.4, 0.5) is 11.4 Å². The molecule has 4 rings (SSSR count). The van der Waals surface area contributed by atoms with E-state index in [9.17, 15) is 18.0 Å². The van der Waals surface area contributed by atoms with Gasteiger partial charge in [-0.25, -0.2) is 8.42 Å². The van der Waals surface area contributed by atoms with Gasteiger partial charge in [0.05, 0.1) is 4.90 Å². The molecule has 0 radical (unpaired) electrons.